The maximum absolute atomic E-state index is 15.3. The van der Waals surface area contributed by atoms with Gasteiger partial charge in [-0.3, -0.25) is 4.90 Å². The Morgan fingerprint density at radius 2 is 1.89 bits per heavy atom. The zero-order valence-electron chi connectivity index (χ0n) is 19.6. The lowest BCUT2D eigenvalue weighted by Gasteiger charge is -2.40. The van der Waals surface area contributed by atoms with Gasteiger partial charge in [-0.25, -0.2) is 22.2 Å². The van der Waals surface area contributed by atoms with Crippen molar-refractivity contribution in [3.05, 3.63) is 82.8 Å². The quantitative estimate of drug-likeness (QED) is 0.523. The number of aryl methyl sites for hydroxylation is 1. The molecule has 2 aliphatic heterocycles. The van der Waals surface area contributed by atoms with Crippen molar-refractivity contribution in [3.63, 3.8) is 0 Å². The molecule has 2 unspecified atom stereocenters. The smallest absolute Gasteiger partial charge is 0.262 e. The molecule has 6 rings (SSSR count). The van der Waals surface area contributed by atoms with Crippen molar-refractivity contribution in [2.75, 3.05) is 26.2 Å². The van der Waals surface area contributed by atoms with E-state index < -0.39 is 10.0 Å². The van der Waals surface area contributed by atoms with Gasteiger partial charge in [0.15, 0.2) is 5.03 Å². The first-order valence-electron chi connectivity index (χ1n) is 12.1. The molecule has 0 saturated carbocycles. The maximum atomic E-state index is 15.3. The summed E-state index contributed by atoms with van der Waals surface area (Å²) in [6, 6.07) is 10.6. The summed E-state index contributed by atoms with van der Waals surface area (Å²) in [5, 5.41) is 0.0143. The molecule has 184 valence electrons. The van der Waals surface area contributed by atoms with E-state index in [-0.39, 0.29) is 47.6 Å². The molecule has 35 heavy (non-hydrogen) atoms. The number of benzene rings is 2. The zero-order chi connectivity index (χ0) is 24.3. The van der Waals surface area contributed by atoms with E-state index in [1.54, 1.807) is 29.8 Å². The number of rotatable bonds is 6. The second kappa shape index (κ2) is 8.50. The van der Waals surface area contributed by atoms with E-state index in [0.29, 0.717) is 12.0 Å². The van der Waals surface area contributed by atoms with Crippen LogP contribution in [0.5, 0.6) is 0 Å². The van der Waals surface area contributed by atoms with Crippen molar-refractivity contribution in [1.29, 1.82) is 0 Å². The monoisotopic (exact) mass is 498 g/mol. The number of likely N-dealkylation sites (tertiary alicyclic amines) is 1. The van der Waals surface area contributed by atoms with E-state index in [4.69, 9.17) is 0 Å². The average molecular weight is 499 g/mol. The highest BCUT2D eigenvalue weighted by atomic mass is 32.2. The van der Waals surface area contributed by atoms with Gasteiger partial charge in [0.2, 0.25) is 0 Å². The third kappa shape index (κ3) is 3.99. The molecule has 3 aliphatic rings. The Bertz CT molecular complexity index is 1380. The van der Waals surface area contributed by atoms with Crippen LogP contribution in [-0.4, -0.2) is 59.4 Å². The number of nitrogens with zero attached hydrogens (tertiary/aromatic N) is 4. The standard InChI is InChI=1S/C26H28F2N4O2S/c1-30-15-26(29-16-30)35(33,34)32-13-19(14-32)22-12-21-18(10-24(22)28)11-25(31-6-3-7-31)23(21)9-17-4-2-5-20(27)8-17/h2,4-5,8,10,12,15-16,19,23,25H,3,6-7,9,11,13-14H2,1H3. The maximum Gasteiger partial charge on any atom is 0.262 e. The Morgan fingerprint density at radius 3 is 2.54 bits per heavy atom. The summed E-state index contributed by atoms with van der Waals surface area (Å²) < 4.78 is 57.8. The molecule has 3 heterocycles. The average Bonchev–Trinajstić information content (AvgIpc) is 3.31. The lowest BCUT2D eigenvalue weighted by molar-refractivity contribution is 0.106. The molecule has 0 bridgehead atoms. The summed E-state index contributed by atoms with van der Waals surface area (Å²) >= 11 is 0. The second-order valence-corrected chi connectivity index (χ2v) is 12.0. The van der Waals surface area contributed by atoms with Gasteiger partial charge >= 0.3 is 0 Å². The fraction of sp³-hybridized carbons (Fsp3) is 0.423. The van der Waals surface area contributed by atoms with E-state index in [1.807, 2.05) is 12.1 Å². The molecule has 0 radical (unpaired) electrons. The molecule has 2 saturated heterocycles. The van der Waals surface area contributed by atoms with Crippen molar-refractivity contribution in [1.82, 2.24) is 18.8 Å². The van der Waals surface area contributed by atoms with Crippen molar-refractivity contribution >= 4 is 10.0 Å². The number of hydrogen-bond acceptors (Lipinski definition) is 4. The first-order valence-corrected chi connectivity index (χ1v) is 13.5. The van der Waals surface area contributed by atoms with E-state index in [1.165, 1.54) is 29.3 Å². The highest BCUT2D eigenvalue weighted by molar-refractivity contribution is 7.89. The SMILES string of the molecule is Cn1cnc(S(=O)(=O)N2CC(c3cc4c(cc3F)CC(N3CCC3)C4Cc3cccc(F)c3)C2)c1. The van der Waals surface area contributed by atoms with Gasteiger partial charge in [0.25, 0.3) is 10.0 Å². The summed E-state index contributed by atoms with van der Waals surface area (Å²) in [7, 11) is -1.96. The van der Waals surface area contributed by atoms with Gasteiger partial charge in [-0.15, -0.1) is 0 Å². The van der Waals surface area contributed by atoms with Crippen LogP contribution >= 0.6 is 0 Å². The molecule has 9 heteroatoms. The van der Waals surface area contributed by atoms with E-state index >= 15 is 4.39 Å². The Kier molecular flexibility index (Phi) is 5.54. The van der Waals surface area contributed by atoms with Crippen LogP contribution in [0.2, 0.25) is 0 Å². The van der Waals surface area contributed by atoms with Crippen molar-refractivity contribution in [3.8, 4) is 0 Å². The minimum atomic E-state index is -3.68. The topological polar surface area (TPSA) is 58.4 Å². The zero-order valence-corrected chi connectivity index (χ0v) is 20.4. The summed E-state index contributed by atoms with van der Waals surface area (Å²) in [6.07, 6.45) is 5.59. The predicted molar refractivity (Wildman–Crippen MR) is 128 cm³/mol. The lowest BCUT2D eigenvalue weighted by Crippen LogP contribution is -2.48. The lowest BCUT2D eigenvalue weighted by atomic mass is 9.85. The van der Waals surface area contributed by atoms with Gasteiger partial charge in [-0.2, -0.15) is 4.31 Å². The molecule has 6 nitrogen and oxygen atoms in total. The molecule has 0 N–H and O–H groups in total. The van der Waals surface area contributed by atoms with Crippen LogP contribution < -0.4 is 0 Å². The van der Waals surface area contributed by atoms with Crippen LogP contribution in [0.25, 0.3) is 0 Å². The van der Waals surface area contributed by atoms with Crippen LogP contribution in [-0.2, 0) is 29.9 Å². The summed E-state index contributed by atoms with van der Waals surface area (Å²) in [5.41, 5.74) is 3.65. The number of fused-ring (bicyclic) bond motifs is 1. The molecule has 2 fully saturated rings. The number of hydrogen-bond donors (Lipinski definition) is 0. The molecule has 2 aromatic carbocycles. The Hall–Kier alpha value is -2.62. The summed E-state index contributed by atoms with van der Waals surface area (Å²) in [5.74, 6) is -0.557. The summed E-state index contributed by atoms with van der Waals surface area (Å²) in [4.78, 5) is 6.43. The van der Waals surface area contributed by atoms with Crippen LogP contribution in [0.3, 0.4) is 0 Å². The van der Waals surface area contributed by atoms with Gasteiger partial charge in [0.05, 0.1) is 6.33 Å². The molecule has 1 aliphatic carbocycles. The molecule has 3 aromatic rings. The molecular weight excluding hydrogens is 470 g/mol. The number of halogens is 2. The van der Waals surface area contributed by atoms with Gasteiger partial charge in [0.1, 0.15) is 11.6 Å². The Labute approximate surface area is 204 Å². The van der Waals surface area contributed by atoms with Crippen molar-refractivity contribution < 1.29 is 17.2 Å². The number of aromatic nitrogens is 2. The third-order valence-corrected chi connectivity index (χ3v) is 9.55. The first-order chi connectivity index (χ1) is 16.8. The summed E-state index contributed by atoms with van der Waals surface area (Å²) in [6.45, 7) is 2.55. The van der Waals surface area contributed by atoms with Crippen LogP contribution in [0.15, 0.2) is 53.9 Å². The predicted octanol–water partition coefficient (Wildman–Crippen LogP) is 3.44. The molecular formula is C26H28F2N4O2S. The van der Waals surface area contributed by atoms with Gasteiger partial charge in [0, 0.05) is 44.2 Å². The fourth-order valence-electron chi connectivity index (χ4n) is 5.76. The molecule has 0 amide bonds. The van der Waals surface area contributed by atoms with E-state index in [0.717, 1.165) is 36.2 Å². The van der Waals surface area contributed by atoms with Crippen LogP contribution in [0, 0.1) is 11.6 Å². The highest BCUT2D eigenvalue weighted by Crippen LogP contribution is 2.43. The second-order valence-electron chi connectivity index (χ2n) is 10.1. The number of sulfonamides is 1. The van der Waals surface area contributed by atoms with Gasteiger partial charge < -0.3 is 4.57 Å². The van der Waals surface area contributed by atoms with E-state index in [2.05, 4.69) is 9.88 Å². The minimum Gasteiger partial charge on any atom is -0.339 e. The van der Waals surface area contributed by atoms with Crippen LogP contribution in [0.4, 0.5) is 8.78 Å². The first kappa shape index (κ1) is 22.8. The molecule has 1 aromatic heterocycles. The highest BCUT2D eigenvalue weighted by Gasteiger charge is 2.42. The van der Waals surface area contributed by atoms with Gasteiger partial charge in [-0.1, -0.05) is 18.2 Å². The van der Waals surface area contributed by atoms with Crippen molar-refractivity contribution in [2.24, 2.45) is 7.05 Å². The number of imidazole rings is 1. The fourth-order valence-corrected chi connectivity index (χ4v) is 7.26. The minimum absolute atomic E-state index is 0.0143. The van der Waals surface area contributed by atoms with Gasteiger partial charge in [-0.05, 0) is 72.8 Å². The molecule has 2 atom stereocenters. The largest absolute Gasteiger partial charge is 0.339 e. The van der Waals surface area contributed by atoms with Crippen LogP contribution in [0.1, 0.15) is 40.5 Å². The van der Waals surface area contributed by atoms with E-state index in [9.17, 15) is 12.8 Å². The molecule has 0 spiro atoms. The normalized spacial score (nSPS) is 23.2. The van der Waals surface area contributed by atoms with Crippen molar-refractivity contribution in [2.45, 2.75) is 42.2 Å². The third-order valence-electron chi connectivity index (χ3n) is 7.83. The Morgan fingerprint density at radius 1 is 1.09 bits per heavy atom. The Balaban J connectivity index is 1.27.